The minimum Gasteiger partial charge on any atom is -0.445 e. The lowest BCUT2D eigenvalue weighted by Gasteiger charge is -2.17. The van der Waals surface area contributed by atoms with E-state index in [4.69, 9.17) is 0 Å². The average molecular weight is 533 g/mol. The third kappa shape index (κ3) is 7.59. The summed E-state index contributed by atoms with van der Waals surface area (Å²) in [6.45, 7) is -6.30. The molecule has 0 bridgehead atoms. The topological polar surface area (TPSA) is 20.3 Å². The van der Waals surface area contributed by atoms with Gasteiger partial charge in [-0.2, -0.15) is 0 Å². The average Bonchev–Trinajstić information content (AvgIpc) is 2.81. The van der Waals surface area contributed by atoms with Gasteiger partial charge in [-0.05, 0) is 35.6 Å². The van der Waals surface area contributed by atoms with Gasteiger partial charge in [0.2, 0.25) is 0 Å². The molecule has 0 aliphatic rings. The Morgan fingerprint density at radius 3 is 1.69 bits per heavy atom. The first-order chi connectivity index (χ1) is 16.6. The molecule has 3 aromatic carbocycles. The van der Waals surface area contributed by atoms with Crippen molar-refractivity contribution >= 4 is 28.1 Å². The molecule has 0 saturated carbocycles. The summed E-state index contributed by atoms with van der Waals surface area (Å²) in [7, 11) is 1.82. The van der Waals surface area contributed by atoms with Crippen LogP contribution in [0.1, 0.15) is 11.1 Å². The maximum absolute atomic E-state index is 12.6. The van der Waals surface area contributed by atoms with Gasteiger partial charge in [-0.15, -0.1) is 0 Å². The lowest BCUT2D eigenvalue weighted by Crippen LogP contribution is -2.41. The van der Waals surface area contributed by atoms with Gasteiger partial charge in [0.25, 0.3) is 0 Å². The molecule has 0 saturated heterocycles. The highest BCUT2D eigenvalue weighted by Gasteiger charge is 2.37. The van der Waals surface area contributed by atoms with Crippen molar-refractivity contribution in [3.8, 4) is 11.2 Å². The number of nitrogens with zero attached hydrogens (tertiary/aromatic N) is 1. The molecule has 0 aliphatic carbocycles. The monoisotopic (exact) mass is 533 g/mol. The number of benzene rings is 3. The predicted octanol–water partition coefficient (Wildman–Crippen LogP) is 5.83. The number of hydrogen-bond donors (Lipinski definition) is 0. The van der Waals surface area contributed by atoms with E-state index in [0.717, 1.165) is 16.8 Å². The minimum atomic E-state index is -6.30. The molecule has 1 unspecified atom stereocenters. The number of hydrogen-bond acceptors (Lipinski definition) is 2. The third-order valence-electron chi connectivity index (χ3n) is 4.65. The summed E-state index contributed by atoms with van der Waals surface area (Å²) in [6.07, 6.45) is 1.72. The molecule has 0 aliphatic heterocycles. The van der Waals surface area contributed by atoms with Crippen molar-refractivity contribution in [3.05, 3.63) is 94.8 Å². The van der Waals surface area contributed by atoms with Crippen molar-refractivity contribution in [3.63, 3.8) is 0 Å². The van der Waals surface area contributed by atoms with Crippen LogP contribution in [0.3, 0.4) is 0 Å². The standard InChI is InChI=1S/C18H20NOS.C6BF8/c1-19(2)18-11-9-17(10-12-18)15-21(3,20)14-13-16-7-5-4-6-8-16;8-2-1(7(13,14)15)3(9)5(11)6(12)4(2)10/h4-12H,15H2,1-3H3;/q+1;-1. The van der Waals surface area contributed by atoms with Gasteiger partial charge in [0.15, 0.2) is 32.6 Å². The number of anilines is 1. The Balaban J connectivity index is 0.000000269. The van der Waals surface area contributed by atoms with Gasteiger partial charge in [-0.25, -0.2) is 22.0 Å². The van der Waals surface area contributed by atoms with E-state index < -0.39 is 51.5 Å². The highest BCUT2D eigenvalue weighted by atomic mass is 32.2. The van der Waals surface area contributed by atoms with Crippen LogP contribution in [0.2, 0.25) is 0 Å². The summed E-state index contributed by atoms with van der Waals surface area (Å²) < 4.78 is 110. The van der Waals surface area contributed by atoms with Crippen LogP contribution in [0.25, 0.3) is 0 Å². The summed E-state index contributed by atoms with van der Waals surface area (Å²) in [5, 5.41) is 2.93. The summed E-state index contributed by atoms with van der Waals surface area (Å²) in [4.78, 5) is 2.04. The summed E-state index contributed by atoms with van der Waals surface area (Å²) in [5.74, 6) is -10.1. The normalized spacial score (nSPS) is 12.5. The summed E-state index contributed by atoms with van der Waals surface area (Å²) in [6, 6.07) is 17.8. The number of rotatable bonds is 4. The van der Waals surface area contributed by atoms with Gasteiger partial charge >= 0.3 is 6.98 Å². The second-order valence-electron chi connectivity index (χ2n) is 7.86. The highest BCUT2D eigenvalue weighted by molar-refractivity contribution is 8.05. The molecule has 3 rings (SSSR count). The van der Waals surface area contributed by atoms with E-state index in [1.54, 1.807) is 6.26 Å². The molecular weight excluding hydrogens is 513 g/mol. The second kappa shape index (κ2) is 11.6. The van der Waals surface area contributed by atoms with Crippen LogP contribution in [0.15, 0.2) is 54.6 Å². The summed E-state index contributed by atoms with van der Waals surface area (Å²) >= 11 is 0. The van der Waals surface area contributed by atoms with Crippen molar-refractivity contribution in [1.29, 1.82) is 0 Å². The van der Waals surface area contributed by atoms with Crippen LogP contribution < -0.4 is 10.4 Å². The molecule has 1 atom stereocenters. The third-order valence-corrected chi connectivity index (χ3v) is 6.07. The molecule has 0 radical (unpaired) electrons. The van der Waals surface area contributed by atoms with E-state index in [1.165, 1.54) is 0 Å². The Kier molecular flexibility index (Phi) is 9.32. The van der Waals surface area contributed by atoms with Crippen LogP contribution >= 0.6 is 0 Å². The van der Waals surface area contributed by atoms with Gasteiger partial charge in [-0.3, -0.25) is 0 Å². The van der Waals surface area contributed by atoms with Gasteiger partial charge in [-0.1, -0.05) is 34.5 Å². The second-order valence-corrected chi connectivity index (χ2v) is 10.4. The smallest absolute Gasteiger partial charge is 0.445 e. The van der Waals surface area contributed by atoms with E-state index in [0.29, 0.717) is 5.75 Å². The first kappa shape index (κ1) is 28.9. The SMILES string of the molecule is CN(C)c1ccc(C[S+](C)(=O)C#Cc2ccccc2)cc1.Fc1c(F)c(F)c([B-](F)(F)F)c(F)c1F. The van der Waals surface area contributed by atoms with E-state index in [-0.39, 0.29) is 0 Å². The molecule has 12 heteroatoms. The predicted molar refractivity (Wildman–Crippen MR) is 127 cm³/mol. The van der Waals surface area contributed by atoms with E-state index >= 15 is 0 Å². The molecule has 192 valence electrons. The maximum Gasteiger partial charge on any atom is 0.515 e. The van der Waals surface area contributed by atoms with Crippen molar-refractivity contribution in [2.45, 2.75) is 5.75 Å². The molecule has 0 fully saturated rings. The molecule has 0 heterocycles. The molecule has 0 amide bonds. The zero-order valence-corrected chi connectivity index (χ0v) is 20.1. The molecule has 36 heavy (non-hydrogen) atoms. The van der Waals surface area contributed by atoms with Gasteiger partial charge in [0, 0.05) is 30.9 Å². The number of halogens is 8. The fourth-order valence-corrected chi connectivity index (χ4v) is 4.08. The van der Waals surface area contributed by atoms with Crippen LogP contribution in [0.4, 0.5) is 40.6 Å². The minimum absolute atomic E-state index is 0.487. The first-order valence-corrected chi connectivity index (χ1v) is 12.3. The van der Waals surface area contributed by atoms with E-state index in [2.05, 4.69) is 11.2 Å². The van der Waals surface area contributed by atoms with Gasteiger partial charge < -0.3 is 17.8 Å². The lowest BCUT2D eigenvalue weighted by atomic mass is 9.79. The van der Waals surface area contributed by atoms with Crippen molar-refractivity contribution in [1.82, 2.24) is 0 Å². The van der Waals surface area contributed by atoms with Crippen molar-refractivity contribution in [2.24, 2.45) is 0 Å². The van der Waals surface area contributed by atoms with Gasteiger partial charge in [0.1, 0.15) is 23.6 Å². The quantitative estimate of drug-likeness (QED) is 0.105. The molecule has 0 spiro atoms. The zero-order chi connectivity index (χ0) is 27.3. The molecule has 0 N–H and O–H groups in total. The van der Waals surface area contributed by atoms with Crippen molar-refractivity contribution < 1.29 is 39.1 Å². The summed E-state index contributed by atoms with van der Waals surface area (Å²) in [5.41, 5.74) is 0.355. The van der Waals surface area contributed by atoms with Gasteiger partial charge in [0.05, 0.1) is 0 Å². The largest absolute Gasteiger partial charge is 0.515 e. The first-order valence-electron chi connectivity index (χ1n) is 10.2. The zero-order valence-electron chi connectivity index (χ0n) is 19.3. The van der Waals surface area contributed by atoms with Crippen LogP contribution in [-0.2, 0) is 19.9 Å². The maximum atomic E-state index is 12.6. The van der Waals surface area contributed by atoms with Crippen LogP contribution in [-0.4, -0.2) is 27.3 Å². The van der Waals surface area contributed by atoms with Crippen molar-refractivity contribution in [2.75, 3.05) is 25.3 Å². The fraction of sp³-hybridized carbons (Fsp3) is 0.167. The molecule has 0 aromatic heterocycles. The van der Waals surface area contributed by atoms with E-state index in [1.807, 2.05) is 73.6 Å². The Morgan fingerprint density at radius 2 is 1.25 bits per heavy atom. The molecule has 2 nitrogen and oxygen atoms in total. The lowest BCUT2D eigenvalue weighted by molar-refractivity contribution is 0.377. The van der Waals surface area contributed by atoms with Crippen LogP contribution in [0, 0.1) is 40.3 Å². The van der Waals surface area contributed by atoms with Crippen LogP contribution in [0.5, 0.6) is 0 Å². The fourth-order valence-electron chi connectivity index (χ4n) is 2.84. The Bertz CT molecular complexity index is 1290. The molecular formula is C24H20BF8NOS. The Hall–Kier alpha value is -3.33. The Morgan fingerprint density at radius 1 is 0.778 bits per heavy atom. The molecule has 3 aromatic rings. The Labute approximate surface area is 204 Å². The van der Waals surface area contributed by atoms with E-state index in [9.17, 15) is 39.1 Å². The highest BCUT2D eigenvalue weighted by Crippen LogP contribution is 2.21.